The van der Waals surface area contributed by atoms with Gasteiger partial charge in [0, 0.05) is 4.92 Å². The zero-order valence-electron chi connectivity index (χ0n) is 8.20. The first-order valence-electron chi connectivity index (χ1n) is 4.60. The van der Waals surface area contributed by atoms with Crippen molar-refractivity contribution in [1.29, 1.82) is 0 Å². The lowest BCUT2D eigenvalue weighted by Crippen LogP contribution is -2.24. The van der Waals surface area contributed by atoms with E-state index >= 15 is 0 Å². The molecule has 1 aromatic carbocycles. The summed E-state index contributed by atoms with van der Waals surface area (Å²) in [6, 6.07) is 9.43. The van der Waals surface area contributed by atoms with Crippen molar-refractivity contribution in [3.63, 3.8) is 0 Å². The molecule has 0 aliphatic rings. The molecule has 1 rings (SSSR count). The molecule has 0 saturated heterocycles. The molecule has 0 fully saturated rings. The Labute approximate surface area is 87.5 Å². The fourth-order valence-corrected chi connectivity index (χ4v) is 1.11. The minimum Gasteiger partial charge on any atom is -0.384 e. The molecule has 82 valence electrons. The van der Waals surface area contributed by atoms with Gasteiger partial charge in [0.25, 0.3) is 0 Å². The summed E-state index contributed by atoms with van der Waals surface area (Å²) in [7, 11) is 0. The standard InChI is InChI=1S/C10H13NO4/c12-10(6-11(13)14)8-15-7-9-4-2-1-3-5-9/h1-5,10,12H,6-8H2. The van der Waals surface area contributed by atoms with Crippen molar-refractivity contribution in [2.75, 3.05) is 13.2 Å². The van der Waals surface area contributed by atoms with Crippen LogP contribution in [0.25, 0.3) is 0 Å². The van der Waals surface area contributed by atoms with E-state index in [1.165, 1.54) is 0 Å². The van der Waals surface area contributed by atoms with Gasteiger partial charge in [-0.25, -0.2) is 0 Å². The van der Waals surface area contributed by atoms with Crippen molar-refractivity contribution < 1.29 is 14.8 Å². The summed E-state index contributed by atoms with van der Waals surface area (Å²) < 4.78 is 5.13. The van der Waals surface area contributed by atoms with E-state index in [9.17, 15) is 10.1 Å². The van der Waals surface area contributed by atoms with Gasteiger partial charge in [0.05, 0.1) is 13.2 Å². The summed E-state index contributed by atoms with van der Waals surface area (Å²) in [5.41, 5.74) is 0.978. The number of nitro groups is 1. The average molecular weight is 211 g/mol. The monoisotopic (exact) mass is 211 g/mol. The van der Waals surface area contributed by atoms with E-state index in [1.54, 1.807) is 0 Å². The smallest absolute Gasteiger partial charge is 0.231 e. The van der Waals surface area contributed by atoms with E-state index in [0.717, 1.165) is 5.56 Å². The second-order valence-corrected chi connectivity index (χ2v) is 3.17. The average Bonchev–Trinajstić information content (AvgIpc) is 2.18. The highest BCUT2D eigenvalue weighted by atomic mass is 16.6. The molecule has 0 aromatic heterocycles. The van der Waals surface area contributed by atoms with Crippen LogP contribution in [0.1, 0.15) is 5.56 Å². The highest BCUT2D eigenvalue weighted by Crippen LogP contribution is 2.00. The fraction of sp³-hybridized carbons (Fsp3) is 0.400. The molecule has 0 radical (unpaired) electrons. The zero-order valence-corrected chi connectivity index (χ0v) is 8.20. The van der Waals surface area contributed by atoms with E-state index in [4.69, 9.17) is 9.84 Å². The van der Waals surface area contributed by atoms with E-state index < -0.39 is 17.6 Å². The van der Waals surface area contributed by atoms with Crippen LogP contribution in [0.5, 0.6) is 0 Å². The minimum absolute atomic E-state index is 0.0180. The van der Waals surface area contributed by atoms with Crippen LogP contribution in [0.3, 0.4) is 0 Å². The lowest BCUT2D eigenvalue weighted by atomic mass is 10.2. The highest BCUT2D eigenvalue weighted by molar-refractivity contribution is 5.13. The maximum atomic E-state index is 10.0. The predicted octanol–water partition coefficient (Wildman–Crippen LogP) is 0.841. The second-order valence-electron chi connectivity index (χ2n) is 3.17. The molecule has 1 unspecified atom stereocenters. The SMILES string of the molecule is O=[N+]([O-])CC(O)COCc1ccccc1. The number of hydrogen-bond donors (Lipinski definition) is 1. The Morgan fingerprint density at radius 2 is 2.07 bits per heavy atom. The van der Waals surface area contributed by atoms with Gasteiger partial charge in [-0.1, -0.05) is 30.3 Å². The van der Waals surface area contributed by atoms with Crippen LogP contribution in [0.15, 0.2) is 30.3 Å². The molecule has 0 amide bonds. The van der Waals surface area contributed by atoms with Crippen molar-refractivity contribution in [1.82, 2.24) is 0 Å². The quantitative estimate of drug-likeness (QED) is 0.559. The molecule has 0 heterocycles. The molecule has 15 heavy (non-hydrogen) atoms. The minimum atomic E-state index is -1.04. The maximum Gasteiger partial charge on any atom is 0.231 e. The molecule has 0 aliphatic carbocycles. The third-order valence-corrected chi connectivity index (χ3v) is 1.78. The van der Waals surface area contributed by atoms with Gasteiger partial charge in [-0.3, -0.25) is 10.1 Å². The van der Waals surface area contributed by atoms with Crippen LogP contribution in [-0.4, -0.2) is 29.3 Å². The summed E-state index contributed by atoms with van der Waals surface area (Å²) in [6.07, 6.45) is -1.04. The topological polar surface area (TPSA) is 72.6 Å². The fourth-order valence-electron chi connectivity index (χ4n) is 1.11. The Morgan fingerprint density at radius 1 is 1.40 bits per heavy atom. The molecule has 1 aromatic rings. The predicted molar refractivity (Wildman–Crippen MR) is 54.0 cm³/mol. The Bertz CT molecular complexity index is 302. The summed E-state index contributed by atoms with van der Waals surface area (Å²) >= 11 is 0. The van der Waals surface area contributed by atoms with E-state index in [-0.39, 0.29) is 6.61 Å². The van der Waals surface area contributed by atoms with Crippen molar-refractivity contribution in [3.8, 4) is 0 Å². The first-order valence-corrected chi connectivity index (χ1v) is 4.60. The first kappa shape index (κ1) is 11.6. The van der Waals surface area contributed by atoms with Crippen molar-refractivity contribution in [2.45, 2.75) is 12.7 Å². The van der Waals surface area contributed by atoms with Gasteiger partial charge in [0.2, 0.25) is 6.54 Å². The Kier molecular flexibility index (Phi) is 4.73. The number of aliphatic hydroxyl groups excluding tert-OH is 1. The third kappa shape index (κ3) is 5.09. The molecule has 0 bridgehead atoms. The van der Waals surface area contributed by atoms with Gasteiger partial charge >= 0.3 is 0 Å². The third-order valence-electron chi connectivity index (χ3n) is 1.78. The van der Waals surface area contributed by atoms with Gasteiger partial charge in [-0.15, -0.1) is 0 Å². The lowest BCUT2D eigenvalue weighted by Gasteiger charge is -2.07. The van der Waals surface area contributed by atoms with Crippen LogP contribution in [0.2, 0.25) is 0 Å². The lowest BCUT2D eigenvalue weighted by molar-refractivity contribution is -0.491. The van der Waals surface area contributed by atoms with Crippen LogP contribution in [0.4, 0.5) is 0 Å². The molecule has 0 spiro atoms. The normalized spacial score (nSPS) is 12.3. The Balaban J connectivity index is 2.19. The van der Waals surface area contributed by atoms with Crippen LogP contribution in [-0.2, 0) is 11.3 Å². The first-order chi connectivity index (χ1) is 7.18. The largest absolute Gasteiger partial charge is 0.384 e. The number of aliphatic hydroxyl groups is 1. The summed E-state index contributed by atoms with van der Waals surface area (Å²) in [4.78, 5) is 9.47. The molecule has 0 saturated carbocycles. The van der Waals surface area contributed by atoms with E-state index in [1.807, 2.05) is 30.3 Å². The highest BCUT2D eigenvalue weighted by Gasteiger charge is 2.10. The summed E-state index contributed by atoms with van der Waals surface area (Å²) in [5, 5.41) is 19.2. The van der Waals surface area contributed by atoms with E-state index in [2.05, 4.69) is 0 Å². The molecular formula is C10H13NO4. The maximum absolute atomic E-state index is 10.0. The molecule has 1 atom stereocenters. The molecule has 5 nitrogen and oxygen atoms in total. The molecular weight excluding hydrogens is 198 g/mol. The van der Waals surface area contributed by atoms with E-state index in [0.29, 0.717) is 6.61 Å². The van der Waals surface area contributed by atoms with Gasteiger partial charge in [0.15, 0.2) is 0 Å². The Morgan fingerprint density at radius 3 is 2.67 bits per heavy atom. The van der Waals surface area contributed by atoms with Crippen molar-refractivity contribution >= 4 is 0 Å². The molecule has 0 aliphatic heterocycles. The van der Waals surface area contributed by atoms with Crippen LogP contribution < -0.4 is 0 Å². The number of benzene rings is 1. The molecule has 1 N–H and O–H groups in total. The number of ether oxygens (including phenoxy) is 1. The zero-order chi connectivity index (χ0) is 11.1. The van der Waals surface area contributed by atoms with Crippen molar-refractivity contribution in [3.05, 3.63) is 46.0 Å². The second kappa shape index (κ2) is 6.10. The van der Waals surface area contributed by atoms with Gasteiger partial charge in [-0.2, -0.15) is 0 Å². The molecule has 5 heteroatoms. The van der Waals surface area contributed by atoms with Gasteiger partial charge < -0.3 is 9.84 Å². The van der Waals surface area contributed by atoms with Gasteiger partial charge in [-0.05, 0) is 5.56 Å². The number of hydrogen-bond acceptors (Lipinski definition) is 4. The van der Waals surface area contributed by atoms with Crippen LogP contribution in [0, 0.1) is 10.1 Å². The Hall–Kier alpha value is -1.46. The number of nitrogens with zero attached hydrogens (tertiary/aromatic N) is 1. The van der Waals surface area contributed by atoms with Crippen LogP contribution >= 0.6 is 0 Å². The van der Waals surface area contributed by atoms with Gasteiger partial charge in [0.1, 0.15) is 6.10 Å². The number of rotatable bonds is 6. The van der Waals surface area contributed by atoms with Crippen molar-refractivity contribution in [2.24, 2.45) is 0 Å². The summed E-state index contributed by atoms with van der Waals surface area (Å²) in [5.74, 6) is 0. The summed E-state index contributed by atoms with van der Waals surface area (Å²) in [6.45, 7) is -0.139.